The van der Waals surface area contributed by atoms with E-state index >= 15 is 0 Å². The summed E-state index contributed by atoms with van der Waals surface area (Å²) < 4.78 is 5.34. The molecule has 1 heterocycles. The van der Waals surface area contributed by atoms with E-state index in [2.05, 4.69) is 11.0 Å². The Bertz CT molecular complexity index is 681. The topological polar surface area (TPSA) is 29.5 Å². The van der Waals surface area contributed by atoms with Crippen LogP contribution in [0.15, 0.2) is 48.5 Å². The van der Waals surface area contributed by atoms with E-state index in [1.807, 2.05) is 54.2 Å². The smallest absolute Gasteiger partial charge is 0.197 e. The lowest BCUT2D eigenvalue weighted by Gasteiger charge is -2.26. The van der Waals surface area contributed by atoms with Crippen molar-refractivity contribution in [1.29, 1.82) is 0 Å². The molecule has 0 unspecified atom stereocenters. The lowest BCUT2D eigenvalue weighted by molar-refractivity contribution is 0.103. The second-order valence-electron chi connectivity index (χ2n) is 5.58. The van der Waals surface area contributed by atoms with Gasteiger partial charge in [-0.15, -0.1) is 0 Å². The second-order valence-corrected chi connectivity index (χ2v) is 6.80. The van der Waals surface area contributed by atoms with E-state index in [4.69, 9.17) is 4.74 Å². The number of benzene rings is 2. The van der Waals surface area contributed by atoms with Crippen LogP contribution in [0.2, 0.25) is 0 Å². The highest BCUT2D eigenvalue weighted by Gasteiger charge is 2.19. The highest BCUT2D eigenvalue weighted by molar-refractivity contribution is 7.99. The third kappa shape index (κ3) is 3.77. The van der Waals surface area contributed by atoms with Gasteiger partial charge >= 0.3 is 0 Å². The summed E-state index contributed by atoms with van der Waals surface area (Å²) in [4.78, 5) is 15.4. The zero-order chi connectivity index (χ0) is 16.1. The molecule has 4 heteroatoms. The predicted octanol–water partition coefficient (Wildman–Crippen LogP) is 3.48. The zero-order valence-corrected chi connectivity index (χ0v) is 14.1. The number of carbonyl (C=O) groups is 1. The van der Waals surface area contributed by atoms with Crippen molar-refractivity contribution in [3.05, 3.63) is 65.2 Å². The van der Waals surface area contributed by atoms with Gasteiger partial charge in [0.05, 0.1) is 12.7 Å². The Kier molecular flexibility index (Phi) is 5.36. The van der Waals surface area contributed by atoms with Crippen molar-refractivity contribution in [3.8, 4) is 5.75 Å². The van der Waals surface area contributed by atoms with Crippen LogP contribution in [0.25, 0.3) is 0 Å². The number of ether oxygens (including phenoxy) is 1. The number of para-hydroxylation sites is 1. The Balaban J connectivity index is 1.88. The maximum absolute atomic E-state index is 13.0. The minimum Gasteiger partial charge on any atom is -0.496 e. The Morgan fingerprint density at radius 1 is 1.04 bits per heavy atom. The fourth-order valence-electron chi connectivity index (χ4n) is 2.86. The van der Waals surface area contributed by atoms with Gasteiger partial charge < -0.3 is 4.74 Å². The Labute approximate surface area is 141 Å². The summed E-state index contributed by atoms with van der Waals surface area (Å²) in [5.41, 5.74) is 2.49. The first-order valence-corrected chi connectivity index (χ1v) is 9.01. The molecule has 0 amide bonds. The molecule has 120 valence electrons. The molecule has 0 bridgehead atoms. The van der Waals surface area contributed by atoms with E-state index in [0.717, 1.165) is 30.8 Å². The summed E-state index contributed by atoms with van der Waals surface area (Å²) >= 11 is 2.00. The molecule has 1 aliphatic heterocycles. The molecule has 2 aromatic carbocycles. The highest BCUT2D eigenvalue weighted by Crippen LogP contribution is 2.24. The number of methoxy groups -OCH3 is 1. The number of carbonyl (C=O) groups excluding carboxylic acids is 1. The number of ketones is 1. The van der Waals surface area contributed by atoms with Gasteiger partial charge in [-0.25, -0.2) is 0 Å². The van der Waals surface area contributed by atoms with Crippen LogP contribution in [0.5, 0.6) is 5.75 Å². The van der Waals surface area contributed by atoms with Gasteiger partial charge in [0.15, 0.2) is 5.78 Å². The van der Waals surface area contributed by atoms with Crippen LogP contribution < -0.4 is 4.74 Å². The summed E-state index contributed by atoms with van der Waals surface area (Å²) in [6.45, 7) is 3.00. The quantitative estimate of drug-likeness (QED) is 0.787. The highest BCUT2D eigenvalue weighted by atomic mass is 32.2. The number of thioether (sulfide) groups is 1. The molecule has 0 atom stereocenters. The normalized spacial score (nSPS) is 15.3. The molecule has 0 N–H and O–H groups in total. The van der Waals surface area contributed by atoms with Crippen molar-refractivity contribution < 1.29 is 9.53 Å². The minimum absolute atomic E-state index is 0.0319. The van der Waals surface area contributed by atoms with E-state index in [9.17, 15) is 4.79 Å². The third-order valence-electron chi connectivity index (χ3n) is 4.11. The van der Waals surface area contributed by atoms with Gasteiger partial charge in [0.2, 0.25) is 0 Å². The van der Waals surface area contributed by atoms with Crippen molar-refractivity contribution in [2.24, 2.45) is 0 Å². The molecule has 0 spiro atoms. The number of hydrogen-bond donors (Lipinski definition) is 0. The largest absolute Gasteiger partial charge is 0.496 e. The molecule has 1 fully saturated rings. The van der Waals surface area contributed by atoms with Gasteiger partial charge in [-0.3, -0.25) is 9.69 Å². The van der Waals surface area contributed by atoms with Crippen LogP contribution >= 0.6 is 11.8 Å². The third-order valence-corrected chi connectivity index (χ3v) is 5.05. The number of nitrogens with zero attached hydrogens (tertiary/aromatic N) is 1. The average Bonchev–Trinajstić information content (AvgIpc) is 2.62. The summed E-state index contributed by atoms with van der Waals surface area (Å²) in [6, 6.07) is 15.3. The molecule has 0 saturated carbocycles. The molecule has 1 saturated heterocycles. The monoisotopic (exact) mass is 327 g/mol. The molecule has 0 aromatic heterocycles. The molecule has 3 rings (SSSR count). The van der Waals surface area contributed by atoms with Gasteiger partial charge in [0, 0.05) is 36.7 Å². The van der Waals surface area contributed by atoms with Crippen LogP contribution in [-0.2, 0) is 6.54 Å². The molecule has 1 aliphatic rings. The first-order chi connectivity index (χ1) is 11.3. The SMILES string of the molecule is COc1ccccc1C(=O)c1ccccc1CN1CCSCC1. The fraction of sp³-hybridized carbons (Fsp3) is 0.316. The Hall–Kier alpha value is -1.78. The first kappa shape index (κ1) is 16.1. The molecular weight excluding hydrogens is 306 g/mol. The average molecular weight is 327 g/mol. The Morgan fingerprint density at radius 3 is 2.43 bits per heavy atom. The summed E-state index contributed by atoms with van der Waals surface area (Å²) in [6.07, 6.45) is 0. The van der Waals surface area contributed by atoms with Gasteiger partial charge in [-0.2, -0.15) is 11.8 Å². The van der Waals surface area contributed by atoms with Crippen LogP contribution in [0.1, 0.15) is 21.5 Å². The number of hydrogen-bond acceptors (Lipinski definition) is 4. The maximum Gasteiger partial charge on any atom is 0.197 e. The Morgan fingerprint density at radius 2 is 1.70 bits per heavy atom. The van der Waals surface area contributed by atoms with Crippen LogP contribution in [-0.4, -0.2) is 42.4 Å². The van der Waals surface area contributed by atoms with Gasteiger partial charge in [0.25, 0.3) is 0 Å². The van der Waals surface area contributed by atoms with E-state index in [0.29, 0.717) is 11.3 Å². The van der Waals surface area contributed by atoms with Crippen molar-refractivity contribution in [2.75, 3.05) is 31.7 Å². The summed E-state index contributed by atoms with van der Waals surface area (Å²) in [5.74, 6) is 3.00. The van der Waals surface area contributed by atoms with Crippen molar-refractivity contribution in [2.45, 2.75) is 6.54 Å². The van der Waals surface area contributed by atoms with E-state index < -0.39 is 0 Å². The van der Waals surface area contributed by atoms with Crippen molar-refractivity contribution in [3.63, 3.8) is 0 Å². The van der Waals surface area contributed by atoms with Crippen molar-refractivity contribution >= 4 is 17.5 Å². The van der Waals surface area contributed by atoms with Crippen LogP contribution in [0, 0.1) is 0 Å². The summed E-state index contributed by atoms with van der Waals surface area (Å²) in [5, 5.41) is 0. The first-order valence-electron chi connectivity index (χ1n) is 7.85. The van der Waals surface area contributed by atoms with Gasteiger partial charge in [-0.05, 0) is 17.7 Å². The van der Waals surface area contributed by atoms with Gasteiger partial charge in [-0.1, -0.05) is 36.4 Å². The second kappa shape index (κ2) is 7.66. The predicted molar refractivity (Wildman–Crippen MR) is 95.5 cm³/mol. The number of rotatable bonds is 5. The van der Waals surface area contributed by atoms with Gasteiger partial charge in [0.1, 0.15) is 5.75 Å². The van der Waals surface area contributed by atoms with Crippen LogP contribution in [0.4, 0.5) is 0 Å². The molecule has 0 aliphatic carbocycles. The lowest BCUT2D eigenvalue weighted by Crippen LogP contribution is -2.32. The molecule has 3 nitrogen and oxygen atoms in total. The molecular formula is C19H21NO2S. The standard InChI is InChI=1S/C19H21NO2S/c1-22-18-9-5-4-8-17(18)19(21)16-7-3-2-6-15(16)14-20-10-12-23-13-11-20/h2-9H,10-14H2,1H3. The van der Waals surface area contributed by atoms with E-state index in [-0.39, 0.29) is 5.78 Å². The summed E-state index contributed by atoms with van der Waals surface area (Å²) in [7, 11) is 1.60. The van der Waals surface area contributed by atoms with Crippen LogP contribution in [0.3, 0.4) is 0 Å². The molecule has 0 radical (unpaired) electrons. The van der Waals surface area contributed by atoms with E-state index in [1.165, 1.54) is 11.5 Å². The molecule has 2 aromatic rings. The minimum atomic E-state index is 0.0319. The lowest BCUT2D eigenvalue weighted by atomic mass is 9.97. The zero-order valence-electron chi connectivity index (χ0n) is 13.3. The maximum atomic E-state index is 13.0. The van der Waals surface area contributed by atoms with Crippen molar-refractivity contribution in [1.82, 2.24) is 4.90 Å². The van der Waals surface area contributed by atoms with E-state index in [1.54, 1.807) is 7.11 Å². The fourth-order valence-corrected chi connectivity index (χ4v) is 3.84. The molecule has 23 heavy (non-hydrogen) atoms.